The Balaban J connectivity index is 2.61. The van der Waals surface area contributed by atoms with Crippen molar-refractivity contribution < 1.29 is 39.1 Å². The largest absolute Gasteiger partial charge is 0.394 e. The highest BCUT2D eigenvalue weighted by Gasteiger charge is 2.46. The molecule has 1 aliphatic rings. The standard InChI is InChI=1S/C35H66N2O8/c1-4-7-9-11-13-15-17-19-21-23-30(39)37-28(34(42)36-24-22-20-18-16-14-12-10-8-5-2)27-44-35-32(41)33(43-25-6-3)31(40)29(26-38)45-35/h6,28-29,31-33,35,38,40-41H,3-5,7-27H2,1-2H3,(H,36,42)(H,37,39)/t28-,29+,31-,32+,33-,35-/m0/s1. The summed E-state index contributed by atoms with van der Waals surface area (Å²) in [5, 5.41) is 36.6. The minimum absolute atomic E-state index is 0.0719. The maximum absolute atomic E-state index is 13.1. The molecule has 2 amide bonds. The summed E-state index contributed by atoms with van der Waals surface area (Å²) >= 11 is 0. The van der Waals surface area contributed by atoms with Crippen LogP contribution in [0.5, 0.6) is 0 Å². The van der Waals surface area contributed by atoms with Crippen LogP contribution in [0.15, 0.2) is 12.7 Å². The average Bonchev–Trinajstić information content (AvgIpc) is 3.03. The summed E-state index contributed by atoms with van der Waals surface area (Å²) in [6.07, 6.45) is 16.6. The Morgan fingerprint density at radius 2 is 1.33 bits per heavy atom. The van der Waals surface area contributed by atoms with Crippen molar-refractivity contribution in [2.24, 2.45) is 0 Å². The van der Waals surface area contributed by atoms with E-state index < -0.39 is 43.4 Å². The fourth-order valence-electron chi connectivity index (χ4n) is 5.57. The number of aliphatic hydroxyl groups excluding tert-OH is 3. The number of amides is 2. The molecule has 264 valence electrons. The Morgan fingerprint density at radius 3 is 1.87 bits per heavy atom. The zero-order chi connectivity index (χ0) is 33.1. The second-order valence-corrected chi connectivity index (χ2v) is 12.4. The molecule has 1 aliphatic heterocycles. The molecule has 1 fully saturated rings. The van der Waals surface area contributed by atoms with Crippen molar-refractivity contribution >= 4 is 11.8 Å². The SMILES string of the molecule is C=CCO[C@H]1[C@@H](O)[C@@H](CO)O[C@H](OC[C@H](NC(=O)CCCCCCCCCCC)C(=O)NCCCCCCCCCCC)[C@@H]1O. The first-order chi connectivity index (χ1) is 21.9. The molecule has 1 rings (SSSR count). The number of aliphatic hydroxyl groups is 3. The minimum Gasteiger partial charge on any atom is -0.394 e. The van der Waals surface area contributed by atoms with Crippen LogP contribution < -0.4 is 10.6 Å². The van der Waals surface area contributed by atoms with Gasteiger partial charge in [-0.3, -0.25) is 9.59 Å². The molecule has 45 heavy (non-hydrogen) atoms. The van der Waals surface area contributed by atoms with Gasteiger partial charge in [0.05, 0.1) is 19.8 Å². The molecule has 1 saturated heterocycles. The van der Waals surface area contributed by atoms with Crippen molar-refractivity contribution in [2.75, 3.05) is 26.4 Å². The lowest BCUT2D eigenvalue weighted by atomic mass is 9.99. The van der Waals surface area contributed by atoms with Crippen molar-refractivity contribution in [1.29, 1.82) is 0 Å². The van der Waals surface area contributed by atoms with Crippen LogP contribution in [0.3, 0.4) is 0 Å². The van der Waals surface area contributed by atoms with E-state index in [0.29, 0.717) is 13.0 Å². The molecule has 0 spiro atoms. The van der Waals surface area contributed by atoms with Crippen molar-refractivity contribution in [3.8, 4) is 0 Å². The number of hydrogen-bond donors (Lipinski definition) is 5. The highest BCUT2D eigenvalue weighted by atomic mass is 16.7. The van der Waals surface area contributed by atoms with Gasteiger partial charge in [-0.25, -0.2) is 0 Å². The quantitative estimate of drug-likeness (QED) is 0.0562. The predicted molar refractivity (Wildman–Crippen MR) is 178 cm³/mol. The van der Waals surface area contributed by atoms with Crippen LogP contribution in [0.1, 0.15) is 136 Å². The van der Waals surface area contributed by atoms with Crippen molar-refractivity contribution in [3.63, 3.8) is 0 Å². The van der Waals surface area contributed by atoms with Crippen LogP contribution in [0, 0.1) is 0 Å². The fourth-order valence-corrected chi connectivity index (χ4v) is 5.57. The van der Waals surface area contributed by atoms with E-state index in [1.54, 1.807) is 0 Å². The van der Waals surface area contributed by atoms with Crippen molar-refractivity contribution in [3.05, 3.63) is 12.7 Å². The number of carbonyl (C=O) groups excluding carboxylic acids is 2. The lowest BCUT2D eigenvalue weighted by Crippen LogP contribution is -2.61. The van der Waals surface area contributed by atoms with Gasteiger partial charge in [0.1, 0.15) is 30.5 Å². The van der Waals surface area contributed by atoms with Gasteiger partial charge in [-0.1, -0.05) is 123 Å². The van der Waals surface area contributed by atoms with Gasteiger partial charge in [-0.2, -0.15) is 0 Å². The van der Waals surface area contributed by atoms with E-state index in [4.69, 9.17) is 14.2 Å². The van der Waals surface area contributed by atoms with Gasteiger partial charge >= 0.3 is 0 Å². The van der Waals surface area contributed by atoms with Gasteiger partial charge in [0.2, 0.25) is 11.8 Å². The molecule has 1 heterocycles. The number of rotatable bonds is 29. The third-order valence-corrected chi connectivity index (χ3v) is 8.39. The number of nitrogens with one attached hydrogen (secondary N) is 2. The molecule has 0 radical (unpaired) electrons. The molecule has 0 aromatic heterocycles. The van der Waals surface area contributed by atoms with Crippen LogP contribution >= 0.6 is 0 Å². The van der Waals surface area contributed by atoms with E-state index in [0.717, 1.165) is 38.5 Å². The first-order valence-electron chi connectivity index (χ1n) is 17.9. The van der Waals surface area contributed by atoms with E-state index >= 15 is 0 Å². The fraction of sp³-hybridized carbons (Fsp3) is 0.886. The molecule has 0 aromatic rings. The van der Waals surface area contributed by atoms with Gasteiger partial charge in [0.15, 0.2) is 6.29 Å². The number of ether oxygens (including phenoxy) is 3. The molecule has 5 N–H and O–H groups in total. The summed E-state index contributed by atoms with van der Waals surface area (Å²) in [7, 11) is 0. The molecule has 10 nitrogen and oxygen atoms in total. The van der Waals surface area contributed by atoms with Gasteiger partial charge in [0, 0.05) is 13.0 Å². The van der Waals surface area contributed by atoms with E-state index in [2.05, 4.69) is 31.1 Å². The summed E-state index contributed by atoms with van der Waals surface area (Å²) < 4.78 is 16.9. The molecule has 0 unspecified atom stereocenters. The smallest absolute Gasteiger partial charge is 0.244 e. The molecule has 0 bridgehead atoms. The molecule has 0 saturated carbocycles. The lowest BCUT2D eigenvalue weighted by Gasteiger charge is -2.41. The van der Waals surface area contributed by atoms with Crippen molar-refractivity contribution in [1.82, 2.24) is 10.6 Å². The summed E-state index contributed by atoms with van der Waals surface area (Å²) in [6, 6.07) is -0.989. The zero-order valence-electron chi connectivity index (χ0n) is 28.4. The molecule has 6 atom stereocenters. The Bertz CT molecular complexity index is 755. The molecule has 10 heteroatoms. The highest BCUT2D eigenvalue weighted by molar-refractivity contribution is 5.87. The predicted octanol–water partition coefficient (Wildman–Crippen LogP) is 5.07. The first kappa shape index (κ1) is 41.5. The highest BCUT2D eigenvalue weighted by Crippen LogP contribution is 2.24. The Hall–Kier alpha value is -1.56. The first-order valence-corrected chi connectivity index (χ1v) is 17.9. The monoisotopic (exact) mass is 642 g/mol. The van der Waals surface area contributed by atoms with E-state index in [9.17, 15) is 24.9 Å². The normalized spacial score (nSPS) is 22.2. The Morgan fingerprint density at radius 1 is 0.800 bits per heavy atom. The second-order valence-electron chi connectivity index (χ2n) is 12.4. The summed E-state index contributed by atoms with van der Waals surface area (Å²) in [4.78, 5) is 26.0. The topological polar surface area (TPSA) is 147 Å². The Labute approximate surface area is 273 Å². The number of carbonyl (C=O) groups is 2. The van der Waals surface area contributed by atoms with E-state index in [1.165, 1.54) is 83.1 Å². The van der Waals surface area contributed by atoms with Gasteiger partial charge < -0.3 is 40.2 Å². The number of unbranched alkanes of at least 4 members (excludes halogenated alkanes) is 16. The molecular formula is C35H66N2O8. The lowest BCUT2D eigenvalue weighted by molar-refractivity contribution is -0.307. The van der Waals surface area contributed by atoms with Crippen LogP contribution in [0.4, 0.5) is 0 Å². The third kappa shape index (κ3) is 19.0. The summed E-state index contributed by atoms with van der Waals surface area (Å²) in [5.74, 6) is -0.593. The number of hydrogen-bond acceptors (Lipinski definition) is 8. The van der Waals surface area contributed by atoms with Crippen molar-refractivity contribution in [2.45, 2.75) is 173 Å². The maximum atomic E-state index is 13.1. The van der Waals surface area contributed by atoms with Gasteiger partial charge in [0.25, 0.3) is 0 Å². The molecule has 0 aliphatic carbocycles. The van der Waals surface area contributed by atoms with Gasteiger partial charge in [-0.15, -0.1) is 6.58 Å². The van der Waals surface area contributed by atoms with Crippen LogP contribution in [0.2, 0.25) is 0 Å². The van der Waals surface area contributed by atoms with Crippen LogP contribution in [0.25, 0.3) is 0 Å². The third-order valence-electron chi connectivity index (χ3n) is 8.39. The van der Waals surface area contributed by atoms with Crippen LogP contribution in [-0.2, 0) is 23.8 Å². The summed E-state index contributed by atoms with van der Waals surface area (Å²) in [5.41, 5.74) is 0. The second kappa shape index (κ2) is 27.5. The minimum atomic E-state index is -1.38. The average molecular weight is 643 g/mol. The van der Waals surface area contributed by atoms with Gasteiger partial charge in [-0.05, 0) is 12.8 Å². The zero-order valence-corrected chi connectivity index (χ0v) is 28.4. The molecular weight excluding hydrogens is 576 g/mol. The Kier molecular flexibility index (Phi) is 25.4. The van der Waals surface area contributed by atoms with E-state index in [1.807, 2.05) is 0 Å². The molecule has 0 aromatic carbocycles. The summed E-state index contributed by atoms with van der Waals surface area (Å²) in [6.45, 7) is 7.82. The maximum Gasteiger partial charge on any atom is 0.244 e. The van der Waals surface area contributed by atoms with E-state index in [-0.39, 0.29) is 25.0 Å². The van der Waals surface area contributed by atoms with Crippen LogP contribution in [-0.4, -0.2) is 90.2 Å².